The third-order valence-corrected chi connectivity index (χ3v) is 5.02. The average molecular weight is 315 g/mol. The highest BCUT2D eigenvalue weighted by atomic mass is 32.2. The van der Waals surface area contributed by atoms with Crippen molar-refractivity contribution in [2.75, 3.05) is 26.3 Å². The summed E-state index contributed by atoms with van der Waals surface area (Å²) in [4.78, 5) is 2.28. The van der Waals surface area contributed by atoms with E-state index in [1.165, 1.54) is 0 Å². The molecule has 1 aromatic rings. The Morgan fingerprint density at radius 2 is 2.10 bits per heavy atom. The lowest BCUT2D eigenvalue weighted by Gasteiger charge is -2.25. The largest absolute Gasteiger partial charge is 0.598 e. The zero-order valence-electron chi connectivity index (χ0n) is 13.2. The highest BCUT2D eigenvalue weighted by Crippen LogP contribution is 2.20. The first-order valence-corrected chi connectivity index (χ1v) is 8.45. The lowest BCUT2D eigenvalue weighted by atomic mass is 10.2. The number of aromatic nitrogens is 1. The van der Waals surface area contributed by atoms with Crippen LogP contribution in [0.5, 0.6) is 0 Å². The SMILES string of the molecule is C[C@H](N[S+]([O-])C(C)(C)C)c1cc(CN2CCOCC2)on1. The third-order valence-electron chi connectivity index (χ3n) is 3.34. The van der Waals surface area contributed by atoms with Gasteiger partial charge in [0.2, 0.25) is 0 Å². The summed E-state index contributed by atoms with van der Waals surface area (Å²) in [5.41, 5.74) is 0.788. The van der Waals surface area contributed by atoms with Crippen molar-refractivity contribution in [2.45, 2.75) is 45.0 Å². The van der Waals surface area contributed by atoms with Gasteiger partial charge in [-0.2, -0.15) is 0 Å². The average Bonchev–Trinajstić information content (AvgIpc) is 2.87. The molecule has 120 valence electrons. The van der Waals surface area contributed by atoms with Gasteiger partial charge in [0.1, 0.15) is 10.4 Å². The number of nitrogens with zero attached hydrogens (tertiary/aromatic N) is 2. The van der Waals surface area contributed by atoms with E-state index in [0.717, 1.165) is 44.3 Å². The van der Waals surface area contributed by atoms with Gasteiger partial charge >= 0.3 is 0 Å². The van der Waals surface area contributed by atoms with Crippen LogP contribution in [0.25, 0.3) is 0 Å². The van der Waals surface area contributed by atoms with Crippen LogP contribution in [-0.2, 0) is 22.6 Å². The van der Waals surface area contributed by atoms with Gasteiger partial charge in [0.05, 0.1) is 25.8 Å². The molecule has 1 aliphatic heterocycles. The minimum absolute atomic E-state index is 0.104. The van der Waals surface area contributed by atoms with Crippen molar-refractivity contribution < 1.29 is 13.8 Å². The molecule has 6 nitrogen and oxygen atoms in total. The van der Waals surface area contributed by atoms with Gasteiger partial charge in [-0.05, 0) is 27.7 Å². The van der Waals surface area contributed by atoms with Crippen LogP contribution in [0.3, 0.4) is 0 Å². The second-order valence-electron chi connectivity index (χ2n) is 6.33. The highest BCUT2D eigenvalue weighted by molar-refractivity contribution is 7.90. The summed E-state index contributed by atoms with van der Waals surface area (Å²) in [6.07, 6.45) is 0. The summed E-state index contributed by atoms with van der Waals surface area (Å²) in [5.74, 6) is 0.835. The Morgan fingerprint density at radius 3 is 2.71 bits per heavy atom. The molecule has 0 radical (unpaired) electrons. The number of ether oxygens (including phenoxy) is 1. The molecule has 1 aromatic heterocycles. The minimum atomic E-state index is -1.12. The molecule has 7 heteroatoms. The molecule has 0 aliphatic carbocycles. The van der Waals surface area contributed by atoms with E-state index in [1.807, 2.05) is 33.8 Å². The van der Waals surface area contributed by atoms with E-state index in [-0.39, 0.29) is 10.8 Å². The van der Waals surface area contributed by atoms with E-state index in [0.29, 0.717) is 0 Å². The monoisotopic (exact) mass is 315 g/mol. The maximum absolute atomic E-state index is 12.1. The number of rotatable bonds is 5. The Labute approximate surface area is 129 Å². The van der Waals surface area contributed by atoms with Crippen molar-refractivity contribution in [1.82, 2.24) is 14.8 Å². The Hall–Kier alpha value is -0.600. The molecule has 0 spiro atoms. The van der Waals surface area contributed by atoms with Crippen LogP contribution in [0.15, 0.2) is 10.6 Å². The predicted molar refractivity (Wildman–Crippen MR) is 82.0 cm³/mol. The van der Waals surface area contributed by atoms with E-state index in [1.54, 1.807) is 0 Å². The number of morpholine rings is 1. The van der Waals surface area contributed by atoms with Crippen molar-refractivity contribution in [3.8, 4) is 0 Å². The summed E-state index contributed by atoms with van der Waals surface area (Å²) >= 11 is -1.12. The molecule has 1 aliphatic rings. The molecule has 1 unspecified atom stereocenters. The normalized spacial score (nSPS) is 20.4. The van der Waals surface area contributed by atoms with Crippen LogP contribution < -0.4 is 4.72 Å². The van der Waals surface area contributed by atoms with Crippen molar-refractivity contribution in [3.05, 3.63) is 17.5 Å². The first kappa shape index (κ1) is 16.8. The fourth-order valence-electron chi connectivity index (χ4n) is 1.98. The molecule has 1 saturated heterocycles. The molecule has 2 atom stereocenters. The van der Waals surface area contributed by atoms with Crippen molar-refractivity contribution >= 4 is 11.4 Å². The van der Waals surface area contributed by atoms with Gasteiger partial charge in [-0.3, -0.25) is 4.90 Å². The first-order valence-electron chi connectivity index (χ1n) is 7.30. The Morgan fingerprint density at radius 1 is 1.43 bits per heavy atom. The lowest BCUT2D eigenvalue weighted by Crippen LogP contribution is -2.40. The van der Waals surface area contributed by atoms with Gasteiger partial charge in [-0.25, -0.2) is 0 Å². The van der Waals surface area contributed by atoms with Crippen LogP contribution in [0, 0.1) is 0 Å². The number of nitrogens with one attached hydrogen (secondary N) is 1. The molecule has 21 heavy (non-hydrogen) atoms. The van der Waals surface area contributed by atoms with Crippen LogP contribution in [0.2, 0.25) is 0 Å². The summed E-state index contributed by atoms with van der Waals surface area (Å²) < 4.78 is 25.6. The van der Waals surface area contributed by atoms with Gasteiger partial charge in [0.25, 0.3) is 0 Å². The number of hydrogen-bond donors (Lipinski definition) is 1. The zero-order valence-corrected chi connectivity index (χ0v) is 14.0. The molecule has 2 rings (SSSR count). The predicted octanol–water partition coefficient (Wildman–Crippen LogP) is 1.62. The molecule has 0 bridgehead atoms. The van der Waals surface area contributed by atoms with Crippen molar-refractivity contribution in [1.29, 1.82) is 0 Å². The lowest BCUT2D eigenvalue weighted by molar-refractivity contribution is 0.0305. The number of hydrogen-bond acceptors (Lipinski definition) is 6. The molecule has 1 N–H and O–H groups in total. The van der Waals surface area contributed by atoms with Crippen LogP contribution in [0.1, 0.15) is 45.2 Å². The third kappa shape index (κ3) is 4.96. The van der Waals surface area contributed by atoms with Crippen LogP contribution >= 0.6 is 0 Å². The van der Waals surface area contributed by atoms with E-state index < -0.39 is 11.4 Å². The van der Waals surface area contributed by atoms with E-state index in [9.17, 15) is 4.55 Å². The van der Waals surface area contributed by atoms with Crippen molar-refractivity contribution in [3.63, 3.8) is 0 Å². The minimum Gasteiger partial charge on any atom is -0.598 e. The fraction of sp³-hybridized carbons (Fsp3) is 0.786. The Bertz CT molecular complexity index is 441. The van der Waals surface area contributed by atoms with Gasteiger partial charge in [0.15, 0.2) is 5.76 Å². The molecular formula is C14H25N3O3S. The fourth-order valence-corrected chi connectivity index (χ4v) is 2.78. The van der Waals surface area contributed by atoms with Crippen molar-refractivity contribution in [2.24, 2.45) is 0 Å². The molecule has 1 fully saturated rings. The smallest absolute Gasteiger partial charge is 0.151 e. The van der Waals surface area contributed by atoms with Gasteiger partial charge in [-0.15, -0.1) is 4.72 Å². The molecular weight excluding hydrogens is 290 g/mol. The van der Waals surface area contributed by atoms with E-state index in [4.69, 9.17) is 9.26 Å². The topological polar surface area (TPSA) is 73.6 Å². The van der Waals surface area contributed by atoms with Crippen LogP contribution in [-0.4, -0.2) is 45.7 Å². The standard InChI is InChI=1S/C14H25N3O3S/c1-11(16-21(18)14(2,3)4)13-9-12(20-15-13)10-17-5-7-19-8-6-17/h9,11,16H,5-8,10H2,1-4H3/t11-,21?/m0/s1. The molecule has 2 heterocycles. The summed E-state index contributed by atoms with van der Waals surface area (Å²) in [6.45, 7) is 11.9. The summed E-state index contributed by atoms with van der Waals surface area (Å²) in [5, 5.41) is 4.09. The maximum Gasteiger partial charge on any atom is 0.151 e. The molecule has 0 saturated carbocycles. The quantitative estimate of drug-likeness (QED) is 0.832. The molecule has 0 aromatic carbocycles. The summed E-state index contributed by atoms with van der Waals surface area (Å²) in [6, 6.07) is 1.83. The Balaban J connectivity index is 1.89. The Kier molecular flexibility index (Phi) is 5.67. The van der Waals surface area contributed by atoms with E-state index >= 15 is 0 Å². The van der Waals surface area contributed by atoms with Gasteiger partial charge < -0.3 is 13.8 Å². The highest BCUT2D eigenvalue weighted by Gasteiger charge is 2.29. The maximum atomic E-state index is 12.1. The van der Waals surface area contributed by atoms with E-state index in [2.05, 4.69) is 14.8 Å². The second-order valence-corrected chi connectivity index (χ2v) is 8.33. The summed E-state index contributed by atoms with van der Waals surface area (Å²) in [7, 11) is 0. The van der Waals surface area contributed by atoms with Gasteiger partial charge in [0, 0.05) is 30.5 Å². The second kappa shape index (κ2) is 7.11. The first-order chi connectivity index (χ1) is 9.86. The van der Waals surface area contributed by atoms with Gasteiger partial charge in [-0.1, -0.05) is 5.16 Å². The zero-order chi connectivity index (χ0) is 15.5. The van der Waals surface area contributed by atoms with Crippen LogP contribution in [0.4, 0.5) is 0 Å². The molecule has 0 amide bonds.